The Balaban J connectivity index is 1.16. The number of β-amino-alcohol motifs (C(OH)–C–C–N with tert-alkyl or cyclic N) is 1. The van der Waals surface area contributed by atoms with E-state index in [9.17, 15) is 14.7 Å². The lowest BCUT2D eigenvalue weighted by Gasteiger charge is -2.43. The molecule has 36 heavy (non-hydrogen) atoms. The first-order valence-corrected chi connectivity index (χ1v) is 12.7. The summed E-state index contributed by atoms with van der Waals surface area (Å²) in [6.07, 6.45) is 3.73. The second-order valence-corrected chi connectivity index (χ2v) is 9.83. The third kappa shape index (κ3) is 5.29. The number of carbonyl (C=O) groups is 2. The van der Waals surface area contributed by atoms with Gasteiger partial charge in [-0.3, -0.25) is 9.69 Å². The number of ether oxygens (including phenoxy) is 1. The predicted octanol–water partition coefficient (Wildman–Crippen LogP) is 1.75. The van der Waals surface area contributed by atoms with E-state index in [0.717, 1.165) is 38.8 Å². The first-order valence-electron chi connectivity index (χ1n) is 12.7. The lowest BCUT2D eigenvalue weighted by atomic mass is 9.94. The van der Waals surface area contributed by atoms with E-state index in [0.29, 0.717) is 37.7 Å². The molecule has 0 aliphatic carbocycles. The number of hydrogen-bond donors (Lipinski definition) is 2. The van der Waals surface area contributed by atoms with Crippen molar-refractivity contribution in [3.8, 4) is 0 Å². The van der Waals surface area contributed by atoms with Crippen LogP contribution in [0.1, 0.15) is 40.9 Å². The number of carbonyl (C=O) groups excluding carboxylic acids is 2. The van der Waals surface area contributed by atoms with Gasteiger partial charge in [0, 0.05) is 57.4 Å². The molecule has 1 aromatic carbocycles. The molecule has 10 nitrogen and oxygen atoms in total. The molecule has 2 saturated heterocycles. The van der Waals surface area contributed by atoms with Crippen LogP contribution in [0.4, 0.5) is 10.6 Å². The summed E-state index contributed by atoms with van der Waals surface area (Å²) in [7, 11) is 1.39. The van der Waals surface area contributed by atoms with E-state index in [1.807, 2.05) is 0 Å². The van der Waals surface area contributed by atoms with Gasteiger partial charge < -0.3 is 25.0 Å². The quantitative estimate of drug-likeness (QED) is 0.662. The molecule has 0 radical (unpaired) electrons. The molecule has 5 rings (SSSR count). The third-order valence-corrected chi connectivity index (χ3v) is 7.63. The van der Waals surface area contributed by atoms with E-state index in [-0.39, 0.29) is 24.1 Å². The molecule has 1 aromatic heterocycles. The Kier molecular flexibility index (Phi) is 7.33. The smallest absolute Gasteiger partial charge is 0.409 e. The lowest BCUT2D eigenvalue weighted by molar-refractivity contribution is -0.0139. The Morgan fingerprint density at radius 1 is 1.03 bits per heavy atom. The van der Waals surface area contributed by atoms with Gasteiger partial charge in [0.15, 0.2) is 0 Å². The van der Waals surface area contributed by atoms with E-state index in [1.54, 1.807) is 15.9 Å². The van der Waals surface area contributed by atoms with Crippen molar-refractivity contribution in [1.82, 2.24) is 24.7 Å². The summed E-state index contributed by atoms with van der Waals surface area (Å²) in [6, 6.07) is 10.4. The zero-order chi connectivity index (χ0) is 25.1. The van der Waals surface area contributed by atoms with E-state index in [2.05, 4.69) is 44.5 Å². The topological polar surface area (TPSA) is 111 Å². The molecule has 2 N–H and O–H groups in total. The highest BCUT2D eigenvalue weighted by Gasteiger charge is 2.35. The number of rotatable bonds is 4. The lowest BCUT2D eigenvalue weighted by Crippen LogP contribution is -2.56. The molecule has 3 aliphatic rings. The van der Waals surface area contributed by atoms with Crippen LogP contribution in [-0.2, 0) is 17.7 Å². The monoisotopic (exact) mass is 494 g/mol. The van der Waals surface area contributed by atoms with Crippen LogP contribution in [0.2, 0.25) is 0 Å². The third-order valence-electron chi connectivity index (χ3n) is 7.63. The average Bonchev–Trinajstić information content (AvgIpc) is 2.92. The molecule has 0 saturated carbocycles. The highest BCUT2D eigenvalue weighted by molar-refractivity contribution is 5.93. The van der Waals surface area contributed by atoms with Crippen LogP contribution in [0, 0.1) is 0 Å². The van der Waals surface area contributed by atoms with Crippen LogP contribution in [0.25, 0.3) is 0 Å². The predicted molar refractivity (Wildman–Crippen MR) is 134 cm³/mol. The first kappa shape index (κ1) is 24.5. The highest BCUT2D eigenvalue weighted by Crippen LogP contribution is 2.26. The maximum atomic E-state index is 13.2. The number of amides is 2. The van der Waals surface area contributed by atoms with Gasteiger partial charge in [0.1, 0.15) is 17.8 Å². The van der Waals surface area contributed by atoms with E-state index in [1.165, 1.54) is 24.6 Å². The second-order valence-electron chi connectivity index (χ2n) is 9.83. The number of aromatic nitrogens is 2. The Morgan fingerprint density at radius 3 is 2.53 bits per heavy atom. The zero-order valence-corrected chi connectivity index (χ0v) is 20.7. The van der Waals surface area contributed by atoms with E-state index >= 15 is 0 Å². The summed E-state index contributed by atoms with van der Waals surface area (Å²) in [6.45, 7) is 3.85. The van der Waals surface area contributed by atoms with Crippen molar-refractivity contribution in [3.05, 3.63) is 53.5 Å². The summed E-state index contributed by atoms with van der Waals surface area (Å²) in [5.74, 6) is 0.398. The summed E-state index contributed by atoms with van der Waals surface area (Å²) in [5.41, 5.74) is 3.03. The number of likely N-dealkylation sites (tertiary alicyclic amines) is 2. The Bertz CT molecular complexity index is 1090. The number of anilines is 1. The molecule has 2 aromatic rings. The minimum Gasteiger partial charge on any atom is -0.453 e. The van der Waals surface area contributed by atoms with Gasteiger partial charge in [-0.1, -0.05) is 24.3 Å². The van der Waals surface area contributed by atoms with Crippen LogP contribution in [0.15, 0.2) is 36.7 Å². The van der Waals surface area contributed by atoms with Gasteiger partial charge in [0.25, 0.3) is 5.91 Å². The van der Waals surface area contributed by atoms with Gasteiger partial charge in [0.05, 0.1) is 13.2 Å². The molecular formula is C26H34N6O4. The first-order chi connectivity index (χ1) is 17.5. The average molecular weight is 495 g/mol. The molecule has 192 valence electrons. The molecule has 0 unspecified atom stereocenters. The fourth-order valence-electron chi connectivity index (χ4n) is 5.59. The molecule has 4 heterocycles. The molecule has 10 heteroatoms. The Morgan fingerprint density at radius 2 is 1.78 bits per heavy atom. The number of fused-ring (bicyclic) bond motifs is 1. The highest BCUT2D eigenvalue weighted by atomic mass is 16.5. The van der Waals surface area contributed by atoms with Gasteiger partial charge in [-0.05, 0) is 36.8 Å². The van der Waals surface area contributed by atoms with Crippen LogP contribution < -0.4 is 5.32 Å². The number of hydrogen-bond acceptors (Lipinski definition) is 8. The van der Waals surface area contributed by atoms with Crippen molar-refractivity contribution in [3.63, 3.8) is 0 Å². The molecule has 0 bridgehead atoms. The van der Waals surface area contributed by atoms with Crippen molar-refractivity contribution in [2.45, 2.75) is 50.4 Å². The van der Waals surface area contributed by atoms with Crippen LogP contribution >= 0.6 is 0 Å². The number of nitrogens with one attached hydrogen (secondary N) is 1. The standard InChI is InChI=1S/C26H34N6O4/c1-36-26(35)30-11-7-20(8-12-30)29-24-14-21(27-17-28-24)25(34)32-13-9-22(23(33)16-32)31-10-6-18-4-2-3-5-19(18)15-31/h2-5,14,17,20,22-23,33H,6-13,15-16H2,1H3,(H,27,28,29)/t22-,23-/m1/s1. The Labute approximate surface area is 211 Å². The van der Waals surface area contributed by atoms with Crippen molar-refractivity contribution < 1.29 is 19.4 Å². The summed E-state index contributed by atoms with van der Waals surface area (Å²) in [4.78, 5) is 39.1. The fraction of sp³-hybridized carbons (Fsp3) is 0.538. The maximum Gasteiger partial charge on any atom is 0.409 e. The van der Waals surface area contributed by atoms with Crippen LogP contribution in [-0.4, -0.2) is 99.8 Å². The van der Waals surface area contributed by atoms with Crippen molar-refractivity contribution in [1.29, 1.82) is 0 Å². The molecular weight excluding hydrogens is 460 g/mol. The zero-order valence-electron chi connectivity index (χ0n) is 20.7. The molecule has 2 fully saturated rings. The van der Waals surface area contributed by atoms with E-state index < -0.39 is 6.10 Å². The summed E-state index contributed by atoms with van der Waals surface area (Å²) in [5, 5.41) is 14.3. The number of nitrogens with zero attached hydrogens (tertiary/aromatic N) is 5. The van der Waals surface area contributed by atoms with Gasteiger partial charge >= 0.3 is 6.09 Å². The normalized spacial score (nSPS) is 23.2. The molecule has 3 aliphatic heterocycles. The number of benzene rings is 1. The number of piperidine rings is 2. The van der Waals surface area contributed by atoms with Gasteiger partial charge in [-0.2, -0.15) is 0 Å². The SMILES string of the molecule is COC(=O)N1CCC(Nc2cc(C(=O)N3CC[C@@H](N4CCc5ccccc5C4)[C@H](O)C3)ncn2)CC1. The van der Waals surface area contributed by atoms with Crippen molar-refractivity contribution in [2.24, 2.45) is 0 Å². The molecule has 0 spiro atoms. The van der Waals surface area contributed by atoms with Crippen LogP contribution in [0.3, 0.4) is 0 Å². The minimum atomic E-state index is -0.604. The number of methoxy groups -OCH3 is 1. The second kappa shape index (κ2) is 10.8. The van der Waals surface area contributed by atoms with Gasteiger partial charge in [-0.15, -0.1) is 0 Å². The molecule has 2 amide bonds. The van der Waals surface area contributed by atoms with Crippen LogP contribution in [0.5, 0.6) is 0 Å². The number of aliphatic hydroxyl groups is 1. The fourth-order valence-corrected chi connectivity index (χ4v) is 5.59. The summed E-state index contributed by atoms with van der Waals surface area (Å²) < 4.78 is 4.79. The molecule has 2 atom stereocenters. The number of aliphatic hydroxyl groups excluding tert-OH is 1. The summed E-state index contributed by atoms with van der Waals surface area (Å²) >= 11 is 0. The maximum absolute atomic E-state index is 13.2. The van der Waals surface area contributed by atoms with E-state index in [4.69, 9.17) is 4.74 Å². The van der Waals surface area contributed by atoms with Crippen molar-refractivity contribution in [2.75, 3.05) is 45.2 Å². The largest absolute Gasteiger partial charge is 0.453 e. The van der Waals surface area contributed by atoms with Crippen molar-refractivity contribution >= 4 is 17.8 Å². The minimum absolute atomic E-state index is 0.0425. The van der Waals surface area contributed by atoms with Gasteiger partial charge in [-0.25, -0.2) is 14.8 Å². The van der Waals surface area contributed by atoms with Gasteiger partial charge in [0.2, 0.25) is 0 Å². The Hall–Kier alpha value is -3.24.